The minimum atomic E-state index is -0.0953. The predicted octanol–water partition coefficient (Wildman–Crippen LogP) is 4.12. The van der Waals surface area contributed by atoms with Gasteiger partial charge in [-0.05, 0) is 56.2 Å². The molecule has 1 aliphatic rings. The molecule has 1 saturated heterocycles. The van der Waals surface area contributed by atoms with Crippen LogP contribution in [-0.4, -0.2) is 19.1 Å². The van der Waals surface area contributed by atoms with Crippen LogP contribution in [0.1, 0.15) is 51.5 Å². The Balaban J connectivity index is 2.04. The summed E-state index contributed by atoms with van der Waals surface area (Å²) in [5, 5.41) is 0. The quantitative estimate of drug-likeness (QED) is 0.884. The molecule has 0 saturated carbocycles. The van der Waals surface area contributed by atoms with Crippen LogP contribution in [0.25, 0.3) is 0 Å². The number of benzene rings is 1. The zero-order valence-electron chi connectivity index (χ0n) is 13.4. The molecule has 0 aliphatic carbocycles. The van der Waals surface area contributed by atoms with Crippen LogP contribution in [-0.2, 0) is 6.42 Å². The van der Waals surface area contributed by atoms with Crippen molar-refractivity contribution in [2.75, 3.05) is 18.0 Å². The van der Waals surface area contributed by atoms with Gasteiger partial charge in [0.05, 0.1) is 5.69 Å². The summed E-state index contributed by atoms with van der Waals surface area (Å²) in [5.41, 5.74) is 7.54. The molecule has 2 N–H and O–H groups in total. The smallest absolute Gasteiger partial charge is 0.146 e. The van der Waals surface area contributed by atoms with Crippen LogP contribution in [0, 0.1) is 11.7 Å². The van der Waals surface area contributed by atoms with E-state index in [4.69, 9.17) is 5.73 Å². The van der Waals surface area contributed by atoms with Crippen molar-refractivity contribution < 1.29 is 4.39 Å². The number of rotatable bonds is 5. The number of hydrogen-bond donors (Lipinski definition) is 1. The first-order valence-corrected chi connectivity index (χ1v) is 8.39. The summed E-state index contributed by atoms with van der Waals surface area (Å²) in [7, 11) is 0. The number of nitrogens with zero attached hydrogens (tertiary/aromatic N) is 1. The minimum Gasteiger partial charge on any atom is -0.369 e. The molecule has 2 atom stereocenters. The van der Waals surface area contributed by atoms with Gasteiger partial charge < -0.3 is 10.6 Å². The Morgan fingerprint density at radius 3 is 2.81 bits per heavy atom. The van der Waals surface area contributed by atoms with E-state index < -0.39 is 0 Å². The summed E-state index contributed by atoms with van der Waals surface area (Å²) in [6, 6.07) is 5.69. The molecule has 2 nitrogen and oxygen atoms in total. The first-order chi connectivity index (χ1) is 10.1. The second-order valence-corrected chi connectivity index (χ2v) is 6.54. The average Bonchev–Trinajstić information content (AvgIpc) is 2.64. The molecule has 0 radical (unpaired) electrons. The van der Waals surface area contributed by atoms with Crippen molar-refractivity contribution >= 4 is 5.69 Å². The zero-order valence-corrected chi connectivity index (χ0v) is 13.4. The summed E-state index contributed by atoms with van der Waals surface area (Å²) >= 11 is 0. The Bertz CT molecular complexity index is 445. The SMILES string of the molecule is CCCC1CCCN(c2ccc(CC(C)N)cc2F)CC1. The maximum Gasteiger partial charge on any atom is 0.146 e. The third kappa shape index (κ3) is 4.70. The zero-order chi connectivity index (χ0) is 15.2. The van der Waals surface area contributed by atoms with Gasteiger partial charge in [0.25, 0.3) is 0 Å². The average molecular weight is 292 g/mol. The van der Waals surface area contributed by atoms with E-state index >= 15 is 0 Å². The number of anilines is 1. The van der Waals surface area contributed by atoms with E-state index in [1.807, 2.05) is 19.1 Å². The van der Waals surface area contributed by atoms with Gasteiger partial charge in [-0.2, -0.15) is 0 Å². The molecule has 2 unspecified atom stereocenters. The van der Waals surface area contributed by atoms with Crippen molar-refractivity contribution in [2.24, 2.45) is 11.7 Å². The Hall–Kier alpha value is -1.09. The molecule has 2 rings (SSSR count). The second-order valence-electron chi connectivity index (χ2n) is 6.54. The maximum atomic E-state index is 14.4. The number of halogens is 1. The number of nitrogens with two attached hydrogens (primary N) is 1. The van der Waals surface area contributed by atoms with Crippen LogP contribution in [0.2, 0.25) is 0 Å². The Kier molecular flexibility index (Phi) is 6.04. The molecule has 1 aliphatic heterocycles. The first-order valence-electron chi connectivity index (χ1n) is 8.39. The van der Waals surface area contributed by atoms with Crippen molar-refractivity contribution in [3.8, 4) is 0 Å². The van der Waals surface area contributed by atoms with Crippen LogP contribution < -0.4 is 10.6 Å². The number of hydrogen-bond acceptors (Lipinski definition) is 2. The Morgan fingerprint density at radius 1 is 1.33 bits per heavy atom. The van der Waals surface area contributed by atoms with Gasteiger partial charge in [-0.3, -0.25) is 0 Å². The monoisotopic (exact) mass is 292 g/mol. The lowest BCUT2D eigenvalue weighted by Gasteiger charge is -2.24. The molecule has 3 heteroatoms. The molecule has 1 fully saturated rings. The van der Waals surface area contributed by atoms with Gasteiger partial charge in [0.2, 0.25) is 0 Å². The van der Waals surface area contributed by atoms with Gasteiger partial charge in [0, 0.05) is 19.1 Å². The van der Waals surface area contributed by atoms with Crippen molar-refractivity contribution in [3.05, 3.63) is 29.6 Å². The normalized spacial score (nSPS) is 21.1. The summed E-state index contributed by atoms with van der Waals surface area (Å²) < 4.78 is 14.4. The second kappa shape index (κ2) is 7.79. The Morgan fingerprint density at radius 2 is 2.14 bits per heavy atom. The van der Waals surface area contributed by atoms with Gasteiger partial charge in [-0.15, -0.1) is 0 Å². The minimum absolute atomic E-state index is 0.0724. The highest BCUT2D eigenvalue weighted by Gasteiger charge is 2.19. The van der Waals surface area contributed by atoms with Gasteiger partial charge in [0.1, 0.15) is 5.82 Å². The lowest BCUT2D eigenvalue weighted by atomic mass is 9.96. The van der Waals surface area contributed by atoms with E-state index in [1.165, 1.54) is 32.1 Å². The van der Waals surface area contributed by atoms with E-state index in [2.05, 4.69) is 11.8 Å². The van der Waals surface area contributed by atoms with E-state index in [0.29, 0.717) is 0 Å². The fraction of sp³-hybridized carbons (Fsp3) is 0.667. The van der Waals surface area contributed by atoms with Crippen LogP contribution in [0.3, 0.4) is 0 Å². The first kappa shape index (κ1) is 16.3. The molecule has 0 spiro atoms. The Labute approximate surface area is 128 Å². The molecule has 118 valence electrons. The van der Waals surface area contributed by atoms with Gasteiger partial charge >= 0.3 is 0 Å². The van der Waals surface area contributed by atoms with Crippen molar-refractivity contribution in [1.82, 2.24) is 0 Å². The van der Waals surface area contributed by atoms with E-state index in [1.54, 1.807) is 6.07 Å². The standard InChI is InChI=1S/C18H29FN2/c1-3-5-15-6-4-10-21(11-9-15)18-8-7-16(12-14(2)20)13-17(18)19/h7-8,13-15H,3-6,9-12,20H2,1-2H3. The highest BCUT2D eigenvalue weighted by Crippen LogP contribution is 2.27. The molecule has 0 amide bonds. The molecule has 0 bridgehead atoms. The van der Waals surface area contributed by atoms with Crippen LogP contribution in [0.5, 0.6) is 0 Å². The fourth-order valence-electron chi connectivity index (χ4n) is 3.41. The molecule has 0 aromatic heterocycles. The van der Waals surface area contributed by atoms with E-state index in [0.717, 1.165) is 36.7 Å². The molecular weight excluding hydrogens is 263 g/mol. The third-order valence-electron chi connectivity index (χ3n) is 4.46. The van der Waals surface area contributed by atoms with Crippen LogP contribution in [0.15, 0.2) is 18.2 Å². The van der Waals surface area contributed by atoms with Crippen molar-refractivity contribution in [3.63, 3.8) is 0 Å². The van der Waals surface area contributed by atoms with Crippen molar-refractivity contribution in [2.45, 2.75) is 58.4 Å². The van der Waals surface area contributed by atoms with Crippen LogP contribution >= 0.6 is 0 Å². The van der Waals surface area contributed by atoms with Crippen LogP contribution in [0.4, 0.5) is 10.1 Å². The lowest BCUT2D eigenvalue weighted by molar-refractivity contribution is 0.435. The predicted molar refractivity (Wildman–Crippen MR) is 88.2 cm³/mol. The van der Waals surface area contributed by atoms with Crippen molar-refractivity contribution in [1.29, 1.82) is 0 Å². The maximum absolute atomic E-state index is 14.4. The molecule has 1 heterocycles. The van der Waals surface area contributed by atoms with Gasteiger partial charge in [-0.25, -0.2) is 4.39 Å². The topological polar surface area (TPSA) is 29.3 Å². The molecule has 1 aromatic carbocycles. The summed E-state index contributed by atoms with van der Waals surface area (Å²) in [6.45, 7) is 6.16. The molecular formula is C18H29FN2. The summed E-state index contributed by atoms with van der Waals surface area (Å²) in [5.74, 6) is 0.725. The van der Waals surface area contributed by atoms with E-state index in [9.17, 15) is 4.39 Å². The highest BCUT2D eigenvalue weighted by molar-refractivity contribution is 5.49. The fourth-order valence-corrected chi connectivity index (χ4v) is 3.41. The summed E-state index contributed by atoms with van der Waals surface area (Å²) in [6.07, 6.45) is 6.94. The molecule has 1 aromatic rings. The lowest BCUT2D eigenvalue weighted by Crippen LogP contribution is -2.25. The van der Waals surface area contributed by atoms with Gasteiger partial charge in [0.15, 0.2) is 0 Å². The summed E-state index contributed by atoms with van der Waals surface area (Å²) in [4.78, 5) is 2.22. The van der Waals surface area contributed by atoms with Gasteiger partial charge in [-0.1, -0.05) is 25.8 Å². The molecule has 21 heavy (non-hydrogen) atoms. The van der Waals surface area contributed by atoms with E-state index in [-0.39, 0.29) is 11.9 Å². The largest absolute Gasteiger partial charge is 0.369 e. The third-order valence-corrected chi connectivity index (χ3v) is 4.46. The highest BCUT2D eigenvalue weighted by atomic mass is 19.1.